The second-order valence-corrected chi connectivity index (χ2v) is 7.40. The normalized spacial score (nSPS) is 17.1. The van der Waals surface area contributed by atoms with Gasteiger partial charge in [0.1, 0.15) is 29.5 Å². The molecule has 1 amide bonds. The summed E-state index contributed by atoms with van der Waals surface area (Å²) in [6, 6.07) is 9.89. The third-order valence-corrected chi connectivity index (χ3v) is 5.81. The number of fused-ring (bicyclic) bond motifs is 2. The molecule has 6 nitrogen and oxygen atoms in total. The number of nitrogens with zero attached hydrogens (tertiary/aromatic N) is 3. The van der Waals surface area contributed by atoms with Gasteiger partial charge in [-0.25, -0.2) is 13.8 Å². The molecular weight excluding hydrogens is 386 g/mol. The van der Waals surface area contributed by atoms with Crippen molar-refractivity contribution in [1.29, 1.82) is 0 Å². The summed E-state index contributed by atoms with van der Waals surface area (Å²) in [5.74, 6) is -1.27. The fraction of sp³-hybridized carbons (Fsp3) is 0.105. The largest absolute Gasteiger partial charge is 0.334 e. The molecule has 0 unspecified atom stereocenters. The number of halogens is 2. The second-order valence-electron chi connectivity index (χ2n) is 6.42. The van der Waals surface area contributed by atoms with Crippen molar-refractivity contribution < 1.29 is 13.6 Å². The summed E-state index contributed by atoms with van der Waals surface area (Å²) in [5, 5.41) is 2.66. The molecule has 140 valence electrons. The van der Waals surface area contributed by atoms with Crippen molar-refractivity contribution in [3.63, 3.8) is 0 Å². The summed E-state index contributed by atoms with van der Waals surface area (Å²) >= 11 is 1.11. The van der Waals surface area contributed by atoms with Gasteiger partial charge < -0.3 is 10.2 Å². The Kier molecular flexibility index (Phi) is 3.66. The molecule has 1 aromatic heterocycles. The van der Waals surface area contributed by atoms with Gasteiger partial charge in [0.2, 0.25) is 0 Å². The number of amides is 1. The average molecular weight is 398 g/mol. The van der Waals surface area contributed by atoms with Crippen molar-refractivity contribution in [2.24, 2.45) is 4.99 Å². The zero-order valence-corrected chi connectivity index (χ0v) is 15.1. The van der Waals surface area contributed by atoms with Gasteiger partial charge in [-0.15, -0.1) is 0 Å². The molecule has 1 N–H and O–H groups in total. The summed E-state index contributed by atoms with van der Waals surface area (Å²) in [6.07, 6.45) is 0. The first-order chi connectivity index (χ1) is 13.5. The lowest BCUT2D eigenvalue weighted by atomic mass is 10.1. The number of rotatable bonds is 1. The van der Waals surface area contributed by atoms with E-state index in [1.165, 1.54) is 34.9 Å². The van der Waals surface area contributed by atoms with E-state index in [1.807, 2.05) is 4.90 Å². The number of carbonyl (C=O) groups excluding carboxylic acids is 1. The Bertz CT molecular complexity index is 1310. The van der Waals surface area contributed by atoms with Crippen LogP contribution < -0.4 is 25.1 Å². The number of aromatic nitrogens is 1. The van der Waals surface area contributed by atoms with Gasteiger partial charge >= 0.3 is 0 Å². The molecule has 0 fully saturated rings. The van der Waals surface area contributed by atoms with Crippen molar-refractivity contribution in [3.05, 3.63) is 79.4 Å². The minimum Gasteiger partial charge on any atom is -0.334 e. The average Bonchev–Trinajstić information content (AvgIpc) is 3.17. The van der Waals surface area contributed by atoms with Crippen molar-refractivity contribution in [2.45, 2.75) is 6.67 Å². The van der Waals surface area contributed by atoms with Crippen molar-refractivity contribution >= 4 is 34.2 Å². The number of carbonyl (C=O) groups is 1. The van der Waals surface area contributed by atoms with Crippen LogP contribution in [-0.4, -0.2) is 17.1 Å². The van der Waals surface area contributed by atoms with Crippen LogP contribution in [0.5, 0.6) is 0 Å². The Hall–Kier alpha value is -3.33. The Balaban J connectivity index is 1.65. The van der Waals surface area contributed by atoms with E-state index < -0.39 is 11.7 Å². The minimum absolute atomic E-state index is 0.162. The number of thiazole rings is 1. The maximum absolute atomic E-state index is 13.7. The van der Waals surface area contributed by atoms with Crippen LogP contribution in [-0.2, 0) is 11.5 Å². The van der Waals surface area contributed by atoms with Gasteiger partial charge in [-0.2, -0.15) is 0 Å². The van der Waals surface area contributed by atoms with Crippen LogP contribution in [0, 0.1) is 11.6 Å². The Morgan fingerprint density at radius 3 is 2.57 bits per heavy atom. The zero-order valence-electron chi connectivity index (χ0n) is 14.3. The summed E-state index contributed by atoms with van der Waals surface area (Å²) in [5.41, 5.74) is 1.38. The van der Waals surface area contributed by atoms with Crippen LogP contribution in [0.4, 0.5) is 20.2 Å². The quantitative estimate of drug-likeness (QED) is 0.674. The molecule has 2 aliphatic rings. The van der Waals surface area contributed by atoms with E-state index in [-0.39, 0.29) is 28.2 Å². The lowest BCUT2D eigenvalue weighted by molar-refractivity contribution is -0.110. The van der Waals surface area contributed by atoms with Gasteiger partial charge in [-0.05, 0) is 42.5 Å². The molecule has 3 heterocycles. The first-order valence-corrected chi connectivity index (χ1v) is 9.23. The lowest BCUT2D eigenvalue weighted by Crippen LogP contribution is -2.43. The van der Waals surface area contributed by atoms with E-state index in [0.29, 0.717) is 22.7 Å². The number of hydrogen-bond acceptors (Lipinski definition) is 5. The van der Waals surface area contributed by atoms with E-state index in [9.17, 15) is 18.4 Å². The molecule has 0 spiro atoms. The number of benzene rings is 2. The molecule has 0 bridgehead atoms. The maximum Gasteiger partial charge on any atom is 0.272 e. The number of anilines is 2. The fourth-order valence-electron chi connectivity index (χ4n) is 3.34. The summed E-state index contributed by atoms with van der Waals surface area (Å²) in [7, 11) is 0. The first kappa shape index (κ1) is 16.8. The van der Waals surface area contributed by atoms with Gasteiger partial charge in [-0.1, -0.05) is 11.3 Å². The van der Waals surface area contributed by atoms with Crippen LogP contribution in [0.1, 0.15) is 5.56 Å². The van der Waals surface area contributed by atoms with Gasteiger partial charge in [0.25, 0.3) is 11.5 Å². The van der Waals surface area contributed by atoms with E-state index in [4.69, 9.17) is 0 Å². The van der Waals surface area contributed by atoms with Crippen molar-refractivity contribution in [3.8, 4) is 0 Å². The summed E-state index contributed by atoms with van der Waals surface area (Å²) in [6.45, 7) is 0.530. The van der Waals surface area contributed by atoms with Crippen LogP contribution in [0.25, 0.3) is 5.57 Å². The highest BCUT2D eigenvalue weighted by atomic mass is 32.1. The molecule has 0 radical (unpaired) electrons. The highest BCUT2D eigenvalue weighted by Crippen LogP contribution is 2.30. The summed E-state index contributed by atoms with van der Waals surface area (Å²) < 4.78 is 28.5. The highest BCUT2D eigenvalue weighted by Gasteiger charge is 2.28. The van der Waals surface area contributed by atoms with Crippen LogP contribution in [0.2, 0.25) is 0 Å². The number of nitrogens with one attached hydrogen (secondary N) is 1. The highest BCUT2D eigenvalue weighted by molar-refractivity contribution is 7.07. The molecule has 2 aromatic carbocycles. The molecule has 9 heteroatoms. The van der Waals surface area contributed by atoms with E-state index >= 15 is 0 Å². The molecule has 0 aliphatic carbocycles. The number of hydrogen-bond donors (Lipinski definition) is 1. The predicted octanol–water partition coefficient (Wildman–Crippen LogP) is 1.39. The molecule has 0 atom stereocenters. The Labute approximate surface area is 160 Å². The lowest BCUT2D eigenvalue weighted by Gasteiger charge is -2.25. The van der Waals surface area contributed by atoms with E-state index in [0.717, 1.165) is 17.0 Å². The van der Waals surface area contributed by atoms with Crippen molar-refractivity contribution in [2.75, 3.05) is 16.9 Å². The smallest absolute Gasteiger partial charge is 0.272 e. The van der Waals surface area contributed by atoms with Gasteiger partial charge in [-0.3, -0.25) is 14.2 Å². The van der Waals surface area contributed by atoms with E-state index in [1.54, 1.807) is 12.1 Å². The molecular formula is C19H12F2N4O2S. The van der Waals surface area contributed by atoms with Gasteiger partial charge in [0.15, 0.2) is 4.80 Å². The third kappa shape index (κ3) is 2.55. The van der Waals surface area contributed by atoms with Gasteiger partial charge in [0, 0.05) is 16.9 Å². The van der Waals surface area contributed by atoms with E-state index in [2.05, 4.69) is 10.3 Å². The van der Waals surface area contributed by atoms with Crippen LogP contribution >= 0.6 is 11.3 Å². The maximum atomic E-state index is 13.7. The first-order valence-electron chi connectivity index (χ1n) is 8.41. The molecule has 5 rings (SSSR count). The van der Waals surface area contributed by atoms with Gasteiger partial charge in [0.05, 0.1) is 5.57 Å². The Morgan fingerprint density at radius 1 is 1.04 bits per heavy atom. The zero-order chi connectivity index (χ0) is 19.4. The van der Waals surface area contributed by atoms with Crippen LogP contribution in [0.3, 0.4) is 0 Å². The second kappa shape index (κ2) is 6.10. The van der Waals surface area contributed by atoms with Crippen LogP contribution in [0.15, 0.2) is 52.3 Å². The predicted molar refractivity (Wildman–Crippen MR) is 101 cm³/mol. The molecule has 2 aliphatic heterocycles. The topological polar surface area (TPSA) is 66.7 Å². The molecule has 28 heavy (non-hydrogen) atoms. The fourth-order valence-corrected chi connectivity index (χ4v) is 4.40. The molecule has 0 saturated heterocycles. The van der Waals surface area contributed by atoms with Crippen molar-refractivity contribution in [1.82, 2.24) is 4.57 Å². The summed E-state index contributed by atoms with van der Waals surface area (Å²) in [4.78, 5) is 32.2. The SMILES string of the molecule is O=C1Nc2ccc(F)cc2C1=c1sc2n(c1=O)CN(c1ccc(F)cc1)CN=2. The molecule has 3 aromatic rings. The minimum atomic E-state index is -0.485. The Morgan fingerprint density at radius 2 is 1.79 bits per heavy atom. The monoisotopic (exact) mass is 398 g/mol. The third-order valence-electron chi connectivity index (χ3n) is 4.70. The molecule has 0 saturated carbocycles. The standard InChI is InChI=1S/C19H12F2N4O2S/c20-10-1-4-12(5-2-10)24-8-22-19-25(9-24)18(27)16(28-19)15-13-7-11(21)3-6-14(13)23-17(15)26/h1-7H,8-9H2,(H,23,26).